The average Bonchev–Trinajstić information content (AvgIpc) is 2.90. The van der Waals surface area contributed by atoms with Gasteiger partial charge in [0.15, 0.2) is 0 Å². The van der Waals surface area contributed by atoms with E-state index in [1.807, 2.05) is 13.0 Å². The molecule has 0 aliphatic heterocycles. The summed E-state index contributed by atoms with van der Waals surface area (Å²) >= 11 is 0. The van der Waals surface area contributed by atoms with E-state index in [-0.39, 0.29) is 11.6 Å². The van der Waals surface area contributed by atoms with Crippen molar-refractivity contribution < 1.29 is 18.8 Å². The van der Waals surface area contributed by atoms with Crippen molar-refractivity contribution in [3.8, 4) is 11.6 Å². The van der Waals surface area contributed by atoms with Crippen molar-refractivity contribution in [3.63, 3.8) is 0 Å². The lowest BCUT2D eigenvalue weighted by Crippen LogP contribution is -2.12. The number of hydrogen-bond donors (Lipinski definition) is 1. The molecular weight excluding hydrogens is 248 g/mol. The highest BCUT2D eigenvalue weighted by atomic mass is 16.5. The van der Waals surface area contributed by atoms with Crippen LogP contribution < -0.4 is 14.8 Å². The molecule has 0 saturated carbocycles. The Labute approximate surface area is 110 Å². The van der Waals surface area contributed by atoms with Gasteiger partial charge in [0.1, 0.15) is 5.75 Å². The molecule has 0 saturated heterocycles. The molecule has 1 N–H and O–H groups in total. The summed E-state index contributed by atoms with van der Waals surface area (Å²) in [6.07, 6.45) is 0. The first-order chi connectivity index (χ1) is 9.24. The summed E-state index contributed by atoms with van der Waals surface area (Å²) in [6.45, 7) is 2.39. The number of para-hydroxylation sites is 2. The van der Waals surface area contributed by atoms with Gasteiger partial charge in [0.05, 0.1) is 25.5 Å². The predicted octanol–water partition coefficient (Wildman–Crippen LogP) is 2.33. The third-order valence-electron chi connectivity index (χ3n) is 2.36. The van der Waals surface area contributed by atoms with Gasteiger partial charge in [-0.05, 0) is 24.2 Å². The van der Waals surface area contributed by atoms with Gasteiger partial charge < -0.3 is 19.3 Å². The molecule has 0 aliphatic rings. The predicted molar refractivity (Wildman–Crippen MR) is 68.6 cm³/mol. The number of carbonyl (C=O) groups is 1. The second-order valence-corrected chi connectivity index (χ2v) is 3.62. The number of ether oxygens (including phenoxy) is 2. The summed E-state index contributed by atoms with van der Waals surface area (Å²) in [4.78, 5) is 11.9. The van der Waals surface area contributed by atoms with E-state index in [2.05, 4.69) is 10.5 Å². The smallest absolute Gasteiger partial charge is 0.294 e. The number of rotatable bonds is 5. The largest absolute Gasteiger partial charge is 0.492 e. The number of aromatic nitrogens is 1. The Morgan fingerprint density at radius 1 is 1.42 bits per heavy atom. The van der Waals surface area contributed by atoms with Crippen molar-refractivity contribution >= 4 is 11.6 Å². The molecule has 0 radical (unpaired) electrons. The number of carbonyl (C=O) groups excluding carboxylic acids is 1. The molecule has 19 heavy (non-hydrogen) atoms. The molecule has 0 fully saturated rings. The summed E-state index contributed by atoms with van der Waals surface area (Å²) in [5, 5.41) is 6.26. The van der Waals surface area contributed by atoms with Crippen LogP contribution in [0.2, 0.25) is 0 Å². The number of nitrogens with zero attached hydrogens (tertiary/aromatic N) is 1. The van der Waals surface area contributed by atoms with Crippen LogP contribution in [0.1, 0.15) is 17.5 Å². The van der Waals surface area contributed by atoms with Crippen LogP contribution in [0, 0.1) is 0 Å². The van der Waals surface area contributed by atoms with Crippen molar-refractivity contribution in [1.29, 1.82) is 0 Å². The van der Waals surface area contributed by atoms with Crippen LogP contribution in [0.5, 0.6) is 11.6 Å². The molecule has 0 aliphatic carbocycles. The topological polar surface area (TPSA) is 73.6 Å². The lowest BCUT2D eigenvalue weighted by Gasteiger charge is -2.09. The molecule has 0 atom stereocenters. The van der Waals surface area contributed by atoms with E-state index in [1.54, 1.807) is 18.2 Å². The second-order valence-electron chi connectivity index (χ2n) is 3.62. The van der Waals surface area contributed by atoms with Gasteiger partial charge in [0.25, 0.3) is 11.8 Å². The molecule has 0 unspecified atom stereocenters. The number of anilines is 1. The van der Waals surface area contributed by atoms with Crippen molar-refractivity contribution in [2.45, 2.75) is 6.92 Å². The van der Waals surface area contributed by atoms with E-state index in [4.69, 9.17) is 14.0 Å². The Kier molecular flexibility index (Phi) is 4.02. The lowest BCUT2D eigenvalue weighted by atomic mass is 10.3. The van der Waals surface area contributed by atoms with E-state index < -0.39 is 5.91 Å². The molecule has 0 spiro atoms. The Balaban J connectivity index is 2.14. The zero-order valence-electron chi connectivity index (χ0n) is 10.7. The maximum absolute atomic E-state index is 11.9. The van der Waals surface area contributed by atoms with Gasteiger partial charge >= 0.3 is 0 Å². The standard InChI is InChI=1S/C13H14N2O4/c1-3-18-10-7-5-4-6-9(10)14-13(16)11-8-12(17-2)15-19-11/h4-8H,3H2,1-2H3,(H,14,16). The van der Waals surface area contributed by atoms with Gasteiger partial charge in [-0.25, -0.2) is 0 Å². The molecule has 6 nitrogen and oxygen atoms in total. The molecule has 1 heterocycles. The SMILES string of the molecule is CCOc1ccccc1NC(=O)c1cc(OC)no1. The summed E-state index contributed by atoms with van der Waals surface area (Å²) in [7, 11) is 1.45. The molecule has 2 aromatic rings. The first kappa shape index (κ1) is 12.9. The van der Waals surface area contributed by atoms with Crippen LogP contribution in [0.15, 0.2) is 34.9 Å². The Morgan fingerprint density at radius 3 is 2.89 bits per heavy atom. The monoisotopic (exact) mass is 262 g/mol. The van der Waals surface area contributed by atoms with Gasteiger partial charge in [-0.2, -0.15) is 0 Å². The maximum Gasteiger partial charge on any atom is 0.294 e. The zero-order chi connectivity index (χ0) is 13.7. The number of benzene rings is 1. The minimum Gasteiger partial charge on any atom is -0.492 e. The third kappa shape index (κ3) is 3.04. The summed E-state index contributed by atoms with van der Waals surface area (Å²) in [6, 6.07) is 8.58. The van der Waals surface area contributed by atoms with Crippen LogP contribution in [0.3, 0.4) is 0 Å². The van der Waals surface area contributed by atoms with Crippen LogP contribution in [-0.4, -0.2) is 24.8 Å². The highest BCUT2D eigenvalue weighted by Gasteiger charge is 2.15. The van der Waals surface area contributed by atoms with Gasteiger partial charge in [-0.15, -0.1) is 0 Å². The third-order valence-corrected chi connectivity index (χ3v) is 2.36. The molecule has 2 rings (SSSR count). The molecule has 100 valence electrons. The normalized spacial score (nSPS) is 10.0. The fourth-order valence-corrected chi connectivity index (χ4v) is 1.50. The Morgan fingerprint density at radius 2 is 2.21 bits per heavy atom. The fourth-order valence-electron chi connectivity index (χ4n) is 1.50. The van der Waals surface area contributed by atoms with Crippen molar-refractivity contribution in [1.82, 2.24) is 5.16 Å². The summed E-state index contributed by atoms with van der Waals surface area (Å²) in [5.41, 5.74) is 0.574. The van der Waals surface area contributed by atoms with Gasteiger partial charge in [-0.1, -0.05) is 12.1 Å². The average molecular weight is 262 g/mol. The van der Waals surface area contributed by atoms with E-state index in [0.29, 0.717) is 18.0 Å². The fraction of sp³-hybridized carbons (Fsp3) is 0.231. The molecule has 1 aromatic carbocycles. The molecule has 6 heteroatoms. The molecule has 1 aromatic heterocycles. The number of nitrogens with one attached hydrogen (secondary N) is 1. The second kappa shape index (κ2) is 5.90. The number of hydrogen-bond acceptors (Lipinski definition) is 5. The first-order valence-electron chi connectivity index (χ1n) is 5.78. The van der Waals surface area contributed by atoms with Crippen LogP contribution >= 0.6 is 0 Å². The number of amides is 1. The quantitative estimate of drug-likeness (QED) is 0.895. The van der Waals surface area contributed by atoms with E-state index in [0.717, 1.165) is 0 Å². The highest BCUT2D eigenvalue weighted by Crippen LogP contribution is 2.24. The van der Waals surface area contributed by atoms with E-state index in [1.165, 1.54) is 13.2 Å². The molecular formula is C13H14N2O4. The van der Waals surface area contributed by atoms with Gasteiger partial charge in [0, 0.05) is 0 Å². The van der Waals surface area contributed by atoms with Crippen LogP contribution in [0.4, 0.5) is 5.69 Å². The van der Waals surface area contributed by atoms with Gasteiger partial charge in [0.2, 0.25) is 5.76 Å². The van der Waals surface area contributed by atoms with Crippen LogP contribution in [-0.2, 0) is 0 Å². The van der Waals surface area contributed by atoms with E-state index in [9.17, 15) is 4.79 Å². The minimum absolute atomic E-state index is 0.0724. The van der Waals surface area contributed by atoms with Crippen LogP contribution in [0.25, 0.3) is 0 Å². The van der Waals surface area contributed by atoms with Crippen molar-refractivity contribution in [3.05, 3.63) is 36.1 Å². The first-order valence-corrected chi connectivity index (χ1v) is 5.78. The van der Waals surface area contributed by atoms with Crippen molar-refractivity contribution in [2.75, 3.05) is 19.0 Å². The highest BCUT2D eigenvalue weighted by molar-refractivity contribution is 6.03. The minimum atomic E-state index is -0.414. The van der Waals surface area contributed by atoms with Gasteiger partial charge in [-0.3, -0.25) is 4.79 Å². The number of methoxy groups -OCH3 is 1. The van der Waals surface area contributed by atoms with Crippen molar-refractivity contribution in [2.24, 2.45) is 0 Å². The lowest BCUT2D eigenvalue weighted by molar-refractivity contribution is 0.0987. The molecule has 0 bridgehead atoms. The molecule has 1 amide bonds. The summed E-state index contributed by atoms with van der Waals surface area (Å²) < 4.78 is 15.1. The Bertz CT molecular complexity index is 565. The summed E-state index contributed by atoms with van der Waals surface area (Å²) in [5.74, 6) is 0.513. The van der Waals surface area contributed by atoms with E-state index >= 15 is 0 Å². The zero-order valence-corrected chi connectivity index (χ0v) is 10.7. The Hall–Kier alpha value is -2.50. The maximum atomic E-state index is 11.9.